The molecule has 10 heteroatoms. The summed E-state index contributed by atoms with van der Waals surface area (Å²) in [5.74, 6) is -0.0985. The molecule has 0 bridgehead atoms. The Labute approximate surface area is 193 Å². The van der Waals surface area contributed by atoms with E-state index in [4.69, 9.17) is 9.47 Å². The number of amides is 2. The molecule has 3 rings (SSSR count). The van der Waals surface area contributed by atoms with Crippen LogP contribution in [0.1, 0.15) is 49.5 Å². The first-order valence-corrected chi connectivity index (χ1v) is 12.0. The first-order valence-electron chi connectivity index (χ1n) is 10.5. The van der Waals surface area contributed by atoms with Crippen molar-refractivity contribution in [3.05, 3.63) is 47.5 Å². The van der Waals surface area contributed by atoms with Gasteiger partial charge in [-0.15, -0.1) is 0 Å². The van der Waals surface area contributed by atoms with Crippen molar-refractivity contribution < 1.29 is 27.5 Å². The second kappa shape index (κ2) is 9.40. The SMILES string of the molecule is COc1ccc(NC(=O)c2cc(S(=O)(=O)NC3CC3)ccc2C)cc1NC(=O)OC(C)(C)C. The molecular formula is C23H29N3O6S. The number of ether oxygens (including phenoxy) is 2. The van der Waals surface area contributed by atoms with Crippen molar-refractivity contribution >= 4 is 33.4 Å². The smallest absolute Gasteiger partial charge is 0.412 e. The normalized spacial score (nSPS) is 13.8. The van der Waals surface area contributed by atoms with Crippen LogP contribution in [-0.2, 0) is 14.8 Å². The predicted molar refractivity (Wildman–Crippen MR) is 125 cm³/mol. The Kier molecular flexibility index (Phi) is 6.99. The standard InChI is InChI=1S/C23H29N3O6S/c1-14-6-10-17(33(29,30)26-15-7-8-15)13-18(14)21(27)24-16-9-11-20(31-5)19(12-16)25-22(28)32-23(2,3)4/h6,9-13,15,26H,7-8H2,1-5H3,(H,24,27)(H,25,28). The second-order valence-corrected chi connectivity index (χ2v) is 10.6. The maximum atomic E-state index is 13.0. The summed E-state index contributed by atoms with van der Waals surface area (Å²) in [5.41, 5.74) is 0.868. The van der Waals surface area contributed by atoms with Crippen LogP contribution >= 0.6 is 0 Å². The number of aryl methyl sites for hydroxylation is 1. The van der Waals surface area contributed by atoms with Gasteiger partial charge >= 0.3 is 6.09 Å². The van der Waals surface area contributed by atoms with E-state index in [9.17, 15) is 18.0 Å². The molecule has 1 aliphatic rings. The van der Waals surface area contributed by atoms with E-state index in [1.807, 2.05) is 0 Å². The Bertz CT molecular complexity index is 1170. The molecule has 0 aromatic heterocycles. The highest BCUT2D eigenvalue weighted by atomic mass is 32.2. The van der Waals surface area contributed by atoms with Gasteiger partial charge < -0.3 is 14.8 Å². The van der Waals surface area contributed by atoms with Crippen LogP contribution in [0.4, 0.5) is 16.2 Å². The summed E-state index contributed by atoms with van der Waals surface area (Å²) in [7, 11) is -2.24. The van der Waals surface area contributed by atoms with E-state index >= 15 is 0 Å². The molecule has 0 spiro atoms. The lowest BCUT2D eigenvalue weighted by Crippen LogP contribution is -2.27. The molecule has 2 aromatic carbocycles. The minimum absolute atomic E-state index is 0.0344. The maximum Gasteiger partial charge on any atom is 0.412 e. The number of carbonyl (C=O) groups excluding carboxylic acids is 2. The monoisotopic (exact) mass is 475 g/mol. The van der Waals surface area contributed by atoms with E-state index in [0.717, 1.165) is 12.8 Å². The summed E-state index contributed by atoms with van der Waals surface area (Å²) in [6.07, 6.45) is 0.965. The lowest BCUT2D eigenvalue weighted by Gasteiger charge is -2.20. The molecule has 2 aromatic rings. The van der Waals surface area contributed by atoms with Crippen LogP contribution in [0.15, 0.2) is 41.3 Å². The van der Waals surface area contributed by atoms with Crippen LogP contribution in [0.5, 0.6) is 5.75 Å². The fraction of sp³-hybridized carbons (Fsp3) is 0.391. The molecule has 0 radical (unpaired) electrons. The number of carbonyl (C=O) groups is 2. The van der Waals surface area contributed by atoms with Crippen molar-refractivity contribution in [2.24, 2.45) is 0 Å². The van der Waals surface area contributed by atoms with E-state index in [1.165, 1.54) is 25.3 Å². The van der Waals surface area contributed by atoms with E-state index < -0.39 is 27.6 Å². The third-order valence-corrected chi connectivity index (χ3v) is 6.27. The zero-order chi connectivity index (χ0) is 24.4. The van der Waals surface area contributed by atoms with Gasteiger partial charge in [-0.25, -0.2) is 17.9 Å². The summed E-state index contributed by atoms with van der Waals surface area (Å²) >= 11 is 0. The van der Waals surface area contributed by atoms with Crippen molar-refractivity contribution in [3.63, 3.8) is 0 Å². The molecule has 0 unspecified atom stereocenters. The third-order valence-electron chi connectivity index (χ3n) is 4.76. The Morgan fingerprint density at radius 3 is 2.33 bits per heavy atom. The van der Waals surface area contributed by atoms with E-state index in [2.05, 4.69) is 15.4 Å². The second-order valence-electron chi connectivity index (χ2n) is 8.87. The van der Waals surface area contributed by atoms with Gasteiger partial charge in [0.1, 0.15) is 11.4 Å². The van der Waals surface area contributed by atoms with Crippen LogP contribution in [0.2, 0.25) is 0 Å². The zero-order valence-electron chi connectivity index (χ0n) is 19.3. The van der Waals surface area contributed by atoms with Crippen molar-refractivity contribution in [3.8, 4) is 5.75 Å². The van der Waals surface area contributed by atoms with E-state index in [-0.39, 0.29) is 16.5 Å². The van der Waals surface area contributed by atoms with Gasteiger partial charge in [0.25, 0.3) is 5.91 Å². The fourth-order valence-electron chi connectivity index (χ4n) is 3.00. The van der Waals surface area contributed by atoms with Gasteiger partial charge in [-0.05, 0) is 76.4 Å². The van der Waals surface area contributed by atoms with Crippen LogP contribution in [0.25, 0.3) is 0 Å². The summed E-state index contributed by atoms with van der Waals surface area (Å²) < 4.78 is 38.2. The molecule has 1 fully saturated rings. The summed E-state index contributed by atoms with van der Waals surface area (Å²) in [6, 6.07) is 9.14. The highest BCUT2D eigenvalue weighted by molar-refractivity contribution is 7.89. The number of anilines is 2. The minimum atomic E-state index is -3.69. The lowest BCUT2D eigenvalue weighted by atomic mass is 10.1. The highest BCUT2D eigenvalue weighted by Gasteiger charge is 2.28. The molecule has 1 saturated carbocycles. The summed E-state index contributed by atoms with van der Waals surface area (Å²) in [4.78, 5) is 25.2. The molecule has 0 aliphatic heterocycles. The fourth-order valence-corrected chi connectivity index (χ4v) is 4.33. The van der Waals surface area contributed by atoms with Gasteiger partial charge in [0.15, 0.2) is 0 Å². The number of hydrogen-bond donors (Lipinski definition) is 3. The molecule has 0 heterocycles. The Hall–Kier alpha value is -3.11. The van der Waals surface area contributed by atoms with E-state index in [0.29, 0.717) is 22.7 Å². The van der Waals surface area contributed by atoms with Crippen LogP contribution in [0, 0.1) is 6.92 Å². The molecule has 178 valence electrons. The summed E-state index contributed by atoms with van der Waals surface area (Å²) in [6.45, 7) is 6.97. The van der Waals surface area contributed by atoms with Gasteiger partial charge in [-0.1, -0.05) is 6.07 Å². The number of hydrogen-bond acceptors (Lipinski definition) is 6. The molecule has 2 amide bonds. The maximum absolute atomic E-state index is 13.0. The topological polar surface area (TPSA) is 123 Å². The number of nitrogens with one attached hydrogen (secondary N) is 3. The van der Waals surface area contributed by atoms with Crippen molar-refractivity contribution in [1.82, 2.24) is 4.72 Å². The number of benzene rings is 2. The molecule has 33 heavy (non-hydrogen) atoms. The first-order chi connectivity index (χ1) is 15.4. The van der Waals surface area contributed by atoms with Crippen LogP contribution < -0.4 is 20.1 Å². The third kappa shape index (κ3) is 6.69. The highest BCUT2D eigenvalue weighted by Crippen LogP contribution is 2.29. The Morgan fingerprint density at radius 1 is 1.03 bits per heavy atom. The van der Waals surface area contributed by atoms with Crippen molar-refractivity contribution in [1.29, 1.82) is 0 Å². The quantitative estimate of drug-likeness (QED) is 0.555. The van der Waals surface area contributed by atoms with Gasteiger partial charge in [0.2, 0.25) is 10.0 Å². The van der Waals surface area contributed by atoms with Gasteiger partial charge in [0.05, 0.1) is 17.7 Å². The first kappa shape index (κ1) is 24.5. The number of methoxy groups -OCH3 is 1. The molecule has 9 nitrogen and oxygen atoms in total. The molecule has 3 N–H and O–H groups in total. The van der Waals surface area contributed by atoms with Gasteiger partial charge in [0, 0.05) is 17.3 Å². The molecule has 1 aliphatic carbocycles. The van der Waals surface area contributed by atoms with Gasteiger partial charge in [-0.2, -0.15) is 0 Å². The molecule has 0 atom stereocenters. The van der Waals surface area contributed by atoms with Crippen LogP contribution in [-0.4, -0.2) is 39.2 Å². The largest absolute Gasteiger partial charge is 0.495 e. The molecule has 0 saturated heterocycles. The Morgan fingerprint density at radius 2 is 1.73 bits per heavy atom. The molecular weight excluding hydrogens is 446 g/mol. The lowest BCUT2D eigenvalue weighted by molar-refractivity contribution is 0.0635. The average molecular weight is 476 g/mol. The van der Waals surface area contributed by atoms with Crippen molar-refractivity contribution in [2.45, 2.75) is 57.1 Å². The minimum Gasteiger partial charge on any atom is -0.495 e. The number of rotatable bonds is 7. The number of sulfonamides is 1. The van der Waals surface area contributed by atoms with Gasteiger partial charge in [-0.3, -0.25) is 10.1 Å². The van der Waals surface area contributed by atoms with Crippen molar-refractivity contribution in [2.75, 3.05) is 17.7 Å². The Balaban J connectivity index is 1.81. The van der Waals surface area contributed by atoms with E-state index in [1.54, 1.807) is 45.9 Å². The predicted octanol–water partition coefficient (Wildman–Crippen LogP) is 4.04. The van der Waals surface area contributed by atoms with Crippen LogP contribution in [0.3, 0.4) is 0 Å². The zero-order valence-corrected chi connectivity index (χ0v) is 20.1. The summed E-state index contributed by atoms with van der Waals surface area (Å²) in [5, 5.41) is 5.35. The average Bonchev–Trinajstić information content (AvgIpc) is 3.50.